The van der Waals surface area contributed by atoms with Crippen LogP contribution in [0, 0.1) is 5.92 Å². The Labute approximate surface area is 245 Å². The summed E-state index contributed by atoms with van der Waals surface area (Å²) in [5, 5.41) is 0. The number of imidazole rings is 1. The summed E-state index contributed by atoms with van der Waals surface area (Å²) in [6.07, 6.45) is 8.78. The number of carbonyl (C=O) groups is 1. The van der Waals surface area contributed by atoms with E-state index in [9.17, 15) is 4.79 Å². The van der Waals surface area contributed by atoms with Crippen LogP contribution in [-0.4, -0.2) is 34.1 Å². The van der Waals surface area contributed by atoms with Crippen molar-refractivity contribution >= 4 is 5.97 Å². The number of rotatable bonds is 12. The van der Waals surface area contributed by atoms with E-state index in [1.165, 1.54) is 44.9 Å². The lowest BCUT2D eigenvalue weighted by molar-refractivity contribution is 0.0600. The zero-order valence-corrected chi connectivity index (χ0v) is 24.6. The van der Waals surface area contributed by atoms with Crippen molar-refractivity contribution < 1.29 is 9.53 Å². The second-order valence-corrected chi connectivity index (χ2v) is 11.3. The first-order valence-electron chi connectivity index (χ1n) is 15.3. The SMILES string of the molecule is CCCCn1c(-c2ccccc2)nc(-c2ccccc2)c1CN(Cc1cccc(C(=O)OC)c1)CC1CCCCC1. The molecule has 4 aromatic rings. The molecule has 1 fully saturated rings. The first-order valence-corrected chi connectivity index (χ1v) is 15.3. The van der Waals surface area contributed by atoms with Gasteiger partial charge in [0, 0.05) is 37.3 Å². The smallest absolute Gasteiger partial charge is 0.337 e. The molecule has 214 valence electrons. The Morgan fingerprint density at radius 1 is 0.902 bits per heavy atom. The lowest BCUT2D eigenvalue weighted by Crippen LogP contribution is -2.31. The summed E-state index contributed by atoms with van der Waals surface area (Å²) in [6.45, 7) is 5.80. The number of aromatic nitrogens is 2. The molecule has 0 atom stereocenters. The maximum atomic E-state index is 12.3. The Kier molecular flexibility index (Phi) is 10.0. The van der Waals surface area contributed by atoms with Gasteiger partial charge in [-0.15, -0.1) is 0 Å². The number of methoxy groups -OCH3 is 1. The van der Waals surface area contributed by atoms with Crippen molar-refractivity contribution in [3.05, 3.63) is 102 Å². The van der Waals surface area contributed by atoms with Crippen LogP contribution in [0.25, 0.3) is 22.6 Å². The maximum absolute atomic E-state index is 12.3. The molecule has 0 bridgehead atoms. The molecule has 1 heterocycles. The van der Waals surface area contributed by atoms with Gasteiger partial charge in [-0.05, 0) is 42.9 Å². The molecule has 1 aromatic heterocycles. The zero-order chi connectivity index (χ0) is 28.4. The summed E-state index contributed by atoms with van der Waals surface area (Å²) in [5.74, 6) is 1.44. The highest BCUT2D eigenvalue weighted by atomic mass is 16.5. The van der Waals surface area contributed by atoms with Crippen LogP contribution in [0.4, 0.5) is 0 Å². The predicted octanol–water partition coefficient (Wildman–Crippen LogP) is 8.39. The summed E-state index contributed by atoms with van der Waals surface area (Å²) in [6, 6.07) is 29.1. The van der Waals surface area contributed by atoms with Crippen LogP contribution in [0.2, 0.25) is 0 Å². The van der Waals surface area contributed by atoms with E-state index in [0.717, 1.165) is 67.2 Å². The fourth-order valence-electron chi connectivity index (χ4n) is 6.14. The minimum atomic E-state index is -0.290. The van der Waals surface area contributed by atoms with E-state index < -0.39 is 0 Å². The van der Waals surface area contributed by atoms with E-state index in [1.807, 2.05) is 18.2 Å². The third kappa shape index (κ3) is 7.34. The molecule has 5 rings (SSSR count). The Bertz CT molecular complexity index is 1390. The van der Waals surface area contributed by atoms with Crippen LogP contribution in [-0.2, 0) is 24.4 Å². The van der Waals surface area contributed by atoms with Crippen molar-refractivity contribution in [3.8, 4) is 22.6 Å². The molecule has 5 nitrogen and oxygen atoms in total. The lowest BCUT2D eigenvalue weighted by atomic mass is 9.88. The monoisotopic (exact) mass is 549 g/mol. The summed E-state index contributed by atoms with van der Waals surface area (Å²) in [4.78, 5) is 20.2. The summed E-state index contributed by atoms with van der Waals surface area (Å²) >= 11 is 0. The standard InChI is InChI=1S/C36H43N3O2/c1-3-4-23-39-33(34(30-18-10-6-11-19-30)37-35(39)31-20-12-7-13-21-31)27-38(25-28-15-8-5-9-16-28)26-29-17-14-22-32(24-29)36(40)41-2/h6-7,10-14,17-22,24,28H,3-5,8-9,15-16,23,25-27H2,1-2H3. The molecule has 0 amide bonds. The van der Waals surface area contributed by atoms with Gasteiger partial charge in [-0.2, -0.15) is 0 Å². The van der Waals surface area contributed by atoms with E-state index in [0.29, 0.717) is 11.5 Å². The van der Waals surface area contributed by atoms with Gasteiger partial charge in [-0.1, -0.05) is 105 Å². The normalized spacial score (nSPS) is 13.9. The van der Waals surface area contributed by atoms with E-state index in [2.05, 4.69) is 83.1 Å². The van der Waals surface area contributed by atoms with Crippen molar-refractivity contribution in [1.82, 2.24) is 14.5 Å². The van der Waals surface area contributed by atoms with Crippen LogP contribution in [0.15, 0.2) is 84.9 Å². The number of hydrogen-bond acceptors (Lipinski definition) is 4. The van der Waals surface area contributed by atoms with Gasteiger partial charge >= 0.3 is 5.97 Å². The molecule has 0 aliphatic heterocycles. The van der Waals surface area contributed by atoms with E-state index in [1.54, 1.807) is 0 Å². The average molecular weight is 550 g/mol. The number of nitrogens with zero attached hydrogens (tertiary/aromatic N) is 3. The Morgan fingerprint density at radius 3 is 2.29 bits per heavy atom. The van der Waals surface area contributed by atoms with Gasteiger partial charge in [0.1, 0.15) is 5.82 Å². The molecule has 0 N–H and O–H groups in total. The molecule has 0 spiro atoms. The highest BCUT2D eigenvalue weighted by molar-refractivity contribution is 5.89. The van der Waals surface area contributed by atoms with Crippen molar-refractivity contribution in [2.75, 3.05) is 13.7 Å². The van der Waals surface area contributed by atoms with Crippen molar-refractivity contribution in [1.29, 1.82) is 0 Å². The molecule has 1 aliphatic rings. The van der Waals surface area contributed by atoms with Crippen molar-refractivity contribution in [3.63, 3.8) is 0 Å². The first-order chi connectivity index (χ1) is 20.2. The predicted molar refractivity (Wildman–Crippen MR) is 166 cm³/mol. The fourth-order valence-corrected chi connectivity index (χ4v) is 6.14. The zero-order valence-electron chi connectivity index (χ0n) is 24.6. The largest absolute Gasteiger partial charge is 0.465 e. The summed E-state index contributed by atoms with van der Waals surface area (Å²) < 4.78 is 7.48. The van der Waals surface area contributed by atoms with Gasteiger partial charge in [0.2, 0.25) is 0 Å². The van der Waals surface area contributed by atoms with Crippen molar-refractivity contribution in [2.24, 2.45) is 5.92 Å². The van der Waals surface area contributed by atoms with E-state index in [4.69, 9.17) is 9.72 Å². The molecule has 0 unspecified atom stereocenters. The average Bonchev–Trinajstić information content (AvgIpc) is 3.38. The third-order valence-corrected chi connectivity index (χ3v) is 8.26. The lowest BCUT2D eigenvalue weighted by Gasteiger charge is -2.30. The van der Waals surface area contributed by atoms with Crippen LogP contribution < -0.4 is 0 Å². The molecule has 5 heteroatoms. The molecular formula is C36H43N3O2. The van der Waals surface area contributed by atoms with Crippen LogP contribution in [0.3, 0.4) is 0 Å². The maximum Gasteiger partial charge on any atom is 0.337 e. The molecule has 0 radical (unpaired) electrons. The van der Waals surface area contributed by atoms with Gasteiger partial charge in [0.15, 0.2) is 0 Å². The number of ether oxygens (including phenoxy) is 1. The second kappa shape index (κ2) is 14.3. The molecule has 1 saturated carbocycles. The highest BCUT2D eigenvalue weighted by Gasteiger charge is 2.24. The van der Waals surface area contributed by atoms with Gasteiger partial charge in [0.25, 0.3) is 0 Å². The van der Waals surface area contributed by atoms with Gasteiger partial charge in [0.05, 0.1) is 24.1 Å². The Hall–Kier alpha value is -3.70. The van der Waals surface area contributed by atoms with Crippen LogP contribution in [0.1, 0.15) is 73.5 Å². The summed E-state index contributed by atoms with van der Waals surface area (Å²) in [5.41, 5.74) is 6.37. The first kappa shape index (κ1) is 28.8. The van der Waals surface area contributed by atoms with Crippen LogP contribution >= 0.6 is 0 Å². The van der Waals surface area contributed by atoms with Gasteiger partial charge in [-0.3, -0.25) is 4.90 Å². The number of hydrogen-bond donors (Lipinski definition) is 0. The number of carbonyl (C=O) groups excluding carboxylic acids is 1. The number of unbranched alkanes of at least 4 members (excludes halogenated alkanes) is 1. The molecule has 0 saturated heterocycles. The fraction of sp³-hybridized carbons (Fsp3) is 0.389. The third-order valence-electron chi connectivity index (χ3n) is 8.26. The second-order valence-electron chi connectivity index (χ2n) is 11.3. The molecular weight excluding hydrogens is 506 g/mol. The topological polar surface area (TPSA) is 47.4 Å². The number of benzene rings is 3. The Morgan fingerprint density at radius 2 is 1.61 bits per heavy atom. The van der Waals surface area contributed by atoms with E-state index >= 15 is 0 Å². The summed E-state index contributed by atoms with van der Waals surface area (Å²) in [7, 11) is 1.44. The molecule has 41 heavy (non-hydrogen) atoms. The van der Waals surface area contributed by atoms with Gasteiger partial charge < -0.3 is 9.30 Å². The number of esters is 1. The molecule has 3 aromatic carbocycles. The Balaban J connectivity index is 1.57. The highest BCUT2D eigenvalue weighted by Crippen LogP contribution is 2.32. The van der Waals surface area contributed by atoms with E-state index in [-0.39, 0.29) is 5.97 Å². The van der Waals surface area contributed by atoms with Crippen LogP contribution in [0.5, 0.6) is 0 Å². The van der Waals surface area contributed by atoms with Crippen molar-refractivity contribution in [2.45, 2.75) is 71.5 Å². The molecule has 1 aliphatic carbocycles. The van der Waals surface area contributed by atoms with Gasteiger partial charge in [-0.25, -0.2) is 9.78 Å². The quantitative estimate of drug-likeness (QED) is 0.167. The minimum Gasteiger partial charge on any atom is -0.465 e. The minimum absolute atomic E-state index is 0.290.